The first kappa shape index (κ1) is 18.5. The van der Waals surface area contributed by atoms with E-state index < -0.39 is 0 Å². The van der Waals surface area contributed by atoms with Gasteiger partial charge in [0.2, 0.25) is 0 Å². The maximum absolute atomic E-state index is 5.62. The fourth-order valence-corrected chi connectivity index (χ4v) is 2.98. The topological polar surface area (TPSA) is 21.6 Å². The summed E-state index contributed by atoms with van der Waals surface area (Å²) in [5.74, 6) is 1.92. The number of hydrogen-bond acceptors (Lipinski definition) is 2. The van der Waals surface area contributed by atoms with Crippen LogP contribution in [-0.2, 0) is 4.74 Å². The first-order valence-electron chi connectivity index (χ1n) is 9.25. The molecular formula is C19H37NO. The van der Waals surface area contributed by atoms with Crippen LogP contribution < -0.4 is 0 Å². The van der Waals surface area contributed by atoms with Gasteiger partial charge in [0, 0.05) is 6.42 Å². The van der Waals surface area contributed by atoms with Crippen molar-refractivity contribution in [3.8, 4) is 0 Å². The Labute approximate surface area is 132 Å². The van der Waals surface area contributed by atoms with Crippen molar-refractivity contribution in [3.05, 3.63) is 0 Å². The minimum atomic E-state index is 0.0171. The molecule has 0 aromatic rings. The van der Waals surface area contributed by atoms with Crippen LogP contribution in [0.4, 0.5) is 0 Å². The van der Waals surface area contributed by atoms with E-state index in [1.165, 1.54) is 64.2 Å². The summed E-state index contributed by atoms with van der Waals surface area (Å²) in [6.45, 7) is 9.75. The standard InChI is InChI=1S/C19H37NO/c1-5-6-10-13-17(2)14-11-8-7-9-12-15-18-20-19(3,4)16-21-18/h17H,5-16H2,1-4H3. The largest absolute Gasteiger partial charge is 0.478 e. The number of ether oxygens (including phenoxy) is 1. The van der Waals surface area contributed by atoms with Crippen molar-refractivity contribution >= 4 is 5.90 Å². The van der Waals surface area contributed by atoms with Gasteiger partial charge in [-0.25, -0.2) is 4.99 Å². The molecule has 1 heterocycles. The van der Waals surface area contributed by atoms with E-state index in [-0.39, 0.29) is 5.54 Å². The van der Waals surface area contributed by atoms with Gasteiger partial charge >= 0.3 is 0 Å². The van der Waals surface area contributed by atoms with Crippen LogP contribution in [0.1, 0.15) is 98.3 Å². The summed E-state index contributed by atoms with van der Waals surface area (Å²) in [4.78, 5) is 4.61. The lowest BCUT2D eigenvalue weighted by Crippen LogP contribution is -2.17. The van der Waals surface area contributed by atoms with Crippen molar-refractivity contribution in [1.82, 2.24) is 0 Å². The maximum atomic E-state index is 5.62. The lowest BCUT2D eigenvalue weighted by Gasteiger charge is -2.10. The molecule has 0 spiro atoms. The molecule has 1 aliphatic heterocycles. The minimum Gasteiger partial charge on any atom is -0.478 e. The summed E-state index contributed by atoms with van der Waals surface area (Å²) in [6.07, 6.45) is 14.8. The van der Waals surface area contributed by atoms with Gasteiger partial charge in [-0.3, -0.25) is 0 Å². The minimum absolute atomic E-state index is 0.0171. The molecule has 21 heavy (non-hydrogen) atoms. The Morgan fingerprint density at radius 1 is 1.00 bits per heavy atom. The Kier molecular flexibility index (Phi) is 9.03. The Morgan fingerprint density at radius 2 is 1.62 bits per heavy atom. The number of hydrogen-bond donors (Lipinski definition) is 0. The van der Waals surface area contributed by atoms with Gasteiger partial charge in [-0.2, -0.15) is 0 Å². The highest BCUT2D eigenvalue weighted by Gasteiger charge is 2.25. The second-order valence-electron chi connectivity index (χ2n) is 7.51. The summed E-state index contributed by atoms with van der Waals surface area (Å²) >= 11 is 0. The van der Waals surface area contributed by atoms with E-state index in [1.54, 1.807) is 0 Å². The predicted molar refractivity (Wildman–Crippen MR) is 93.1 cm³/mol. The Hall–Kier alpha value is -0.530. The van der Waals surface area contributed by atoms with E-state index >= 15 is 0 Å². The Morgan fingerprint density at radius 3 is 2.24 bits per heavy atom. The lowest BCUT2D eigenvalue weighted by atomic mass is 9.96. The quantitative estimate of drug-likeness (QED) is 0.396. The molecule has 0 saturated heterocycles. The van der Waals surface area contributed by atoms with Crippen molar-refractivity contribution in [2.75, 3.05) is 6.61 Å². The van der Waals surface area contributed by atoms with Crippen LogP contribution in [-0.4, -0.2) is 18.0 Å². The van der Waals surface area contributed by atoms with Gasteiger partial charge in [-0.05, 0) is 26.2 Å². The van der Waals surface area contributed by atoms with Gasteiger partial charge in [-0.1, -0.05) is 71.6 Å². The van der Waals surface area contributed by atoms with Crippen LogP contribution in [0, 0.1) is 5.92 Å². The molecule has 0 bridgehead atoms. The van der Waals surface area contributed by atoms with Crippen molar-refractivity contribution < 1.29 is 4.74 Å². The average Bonchev–Trinajstić information content (AvgIpc) is 2.77. The Bertz CT molecular complexity index is 296. The lowest BCUT2D eigenvalue weighted by molar-refractivity contribution is 0.273. The number of rotatable bonds is 12. The first-order chi connectivity index (χ1) is 10.0. The van der Waals surface area contributed by atoms with Gasteiger partial charge in [0.1, 0.15) is 6.61 Å². The van der Waals surface area contributed by atoms with E-state index in [4.69, 9.17) is 4.74 Å². The smallest absolute Gasteiger partial charge is 0.183 e. The highest BCUT2D eigenvalue weighted by Crippen LogP contribution is 2.20. The van der Waals surface area contributed by atoms with Crippen LogP contribution >= 0.6 is 0 Å². The zero-order chi connectivity index (χ0) is 15.6. The van der Waals surface area contributed by atoms with Crippen molar-refractivity contribution in [1.29, 1.82) is 0 Å². The van der Waals surface area contributed by atoms with E-state index in [9.17, 15) is 0 Å². The normalized spacial score (nSPS) is 18.4. The highest BCUT2D eigenvalue weighted by atomic mass is 16.5. The first-order valence-corrected chi connectivity index (χ1v) is 9.25. The van der Waals surface area contributed by atoms with Crippen LogP contribution in [0.2, 0.25) is 0 Å². The van der Waals surface area contributed by atoms with Crippen molar-refractivity contribution in [2.24, 2.45) is 10.9 Å². The SMILES string of the molecule is CCCCCC(C)CCCCCCCC1=NC(C)(C)CO1. The van der Waals surface area contributed by atoms with E-state index in [0.29, 0.717) is 0 Å². The fraction of sp³-hybridized carbons (Fsp3) is 0.947. The van der Waals surface area contributed by atoms with Gasteiger partial charge in [0.05, 0.1) is 5.54 Å². The van der Waals surface area contributed by atoms with Crippen molar-refractivity contribution in [2.45, 2.75) is 104 Å². The molecule has 0 aliphatic carbocycles. The molecule has 124 valence electrons. The van der Waals surface area contributed by atoms with Crippen LogP contribution in [0.3, 0.4) is 0 Å². The molecule has 0 radical (unpaired) electrons. The van der Waals surface area contributed by atoms with Crippen molar-refractivity contribution in [3.63, 3.8) is 0 Å². The third-order valence-electron chi connectivity index (χ3n) is 4.41. The van der Waals surface area contributed by atoms with Crippen LogP contribution in [0.25, 0.3) is 0 Å². The summed E-state index contributed by atoms with van der Waals surface area (Å²) in [5, 5.41) is 0. The molecular weight excluding hydrogens is 258 g/mol. The third-order valence-corrected chi connectivity index (χ3v) is 4.41. The van der Waals surface area contributed by atoms with E-state index in [1.807, 2.05) is 0 Å². The summed E-state index contributed by atoms with van der Waals surface area (Å²) < 4.78 is 5.62. The zero-order valence-corrected chi connectivity index (χ0v) is 14.9. The van der Waals surface area contributed by atoms with E-state index in [0.717, 1.165) is 24.8 Å². The molecule has 1 aliphatic rings. The Balaban J connectivity index is 1.89. The molecule has 0 aromatic heterocycles. The molecule has 1 rings (SSSR count). The number of nitrogens with zero attached hydrogens (tertiary/aromatic N) is 1. The fourth-order valence-electron chi connectivity index (χ4n) is 2.98. The molecule has 1 atom stereocenters. The molecule has 0 N–H and O–H groups in total. The van der Waals surface area contributed by atoms with Gasteiger partial charge in [0.25, 0.3) is 0 Å². The molecule has 0 aromatic carbocycles. The molecule has 1 unspecified atom stereocenters. The number of aliphatic imine (C=N–C) groups is 1. The molecule has 2 heteroatoms. The third kappa shape index (κ3) is 9.16. The van der Waals surface area contributed by atoms with Crippen LogP contribution in [0.15, 0.2) is 4.99 Å². The van der Waals surface area contributed by atoms with E-state index in [2.05, 4.69) is 32.7 Å². The molecule has 2 nitrogen and oxygen atoms in total. The number of unbranched alkanes of at least 4 members (excludes halogenated alkanes) is 6. The molecule has 0 saturated carbocycles. The maximum Gasteiger partial charge on any atom is 0.183 e. The van der Waals surface area contributed by atoms with Gasteiger partial charge < -0.3 is 4.74 Å². The summed E-state index contributed by atoms with van der Waals surface area (Å²) in [6, 6.07) is 0. The predicted octanol–water partition coefficient (Wildman–Crippen LogP) is 6.14. The second kappa shape index (κ2) is 10.2. The molecule has 0 amide bonds. The van der Waals surface area contributed by atoms with Crippen LogP contribution in [0.5, 0.6) is 0 Å². The highest BCUT2D eigenvalue weighted by molar-refractivity contribution is 5.78. The van der Waals surface area contributed by atoms with Gasteiger partial charge in [-0.15, -0.1) is 0 Å². The summed E-state index contributed by atoms with van der Waals surface area (Å²) in [7, 11) is 0. The average molecular weight is 296 g/mol. The molecule has 0 fully saturated rings. The zero-order valence-electron chi connectivity index (χ0n) is 14.9. The second-order valence-corrected chi connectivity index (χ2v) is 7.51. The van der Waals surface area contributed by atoms with Gasteiger partial charge in [0.15, 0.2) is 5.90 Å². The summed E-state index contributed by atoms with van der Waals surface area (Å²) in [5.41, 5.74) is 0.0171. The monoisotopic (exact) mass is 295 g/mol.